The van der Waals surface area contributed by atoms with Gasteiger partial charge in [0.25, 0.3) is 5.69 Å². The average molecular weight is 288 g/mol. The van der Waals surface area contributed by atoms with Crippen LogP contribution < -0.4 is 10.6 Å². The topological polar surface area (TPSA) is 106 Å². The van der Waals surface area contributed by atoms with E-state index in [4.69, 9.17) is 0 Å². The maximum atomic E-state index is 10.9. The first-order chi connectivity index (χ1) is 10.1. The van der Waals surface area contributed by atoms with Crippen LogP contribution in [-0.2, 0) is 6.54 Å². The SMILES string of the molecule is CCNc1cc([N+](=O)[O-])cc(NCc2cnc(C)cn2)n1. The number of hydrogen-bond acceptors (Lipinski definition) is 7. The zero-order chi connectivity index (χ0) is 15.2. The van der Waals surface area contributed by atoms with Gasteiger partial charge in [0.2, 0.25) is 0 Å². The summed E-state index contributed by atoms with van der Waals surface area (Å²) in [7, 11) is 0. The van der Waals surface area contributed by atoms with Crippen LogP contribution in [0.2, 0.25) is 0 Å². The number of nitrogens with one attached hydrogen (secondary N) is 2. The summed E-state index contributed by atoms with van der Waals surface area (Å²) in [5.74, 6) is 0.881. The molecule has 0 saturated heterocycles. The fourth-order valence-corrected chi connectivity index (χ4v) is 1.68. The highest BCUT2D eigenvalue weighted by atomic mass is 16.6. The minimum atomic E-state index is -0.445. The predicted octanol–water partition coefficient (Wildman–Crippen LogP) is 2.13. The van der Waals surface area contributed by atoms with Gasteiger partial charge >= 0.3 is 0 Å². The lowest BCUT2D eigenvalue weighted by Crippen LogP contribution is -2.07. The van der Waals surface area contributed by atoms with Crippen LogP contribution >= 0.6 is 0 Å². The molecular weight excluding hydrogens is 272 g/mol. The van der Waals surface area contributed by atoms with Gasteiger partial charge in [0.05, 0.1) is 41.2 Å². The van der Waals surface area contributed by atoms with Gasteiger partial charge in [-0.25, -0.2) is 4.98 Å². The van der Waals surface area contributed by atoms with Gasteiger partial charge in [-0.15, -0.1) is 0 Å². The van der Waals surface area contributed by atoms with Crippen molar-refractivity contribution in [2.24, 2.45) is 0 Å². The summed E-state index contributed by atoms with van der Waals surface area (Å²) in [5.41, 5.74) is 1.55. The summed E-state index contributed by atoms with van der Waals surface area (Å²) in [6, 6.07) is 2.79. The van der Waals surface area contributed by atoms with Gasteiger partial charge in [-0.1, -0.05) is 0 Å². The van der Waals surface area contributed by atoms with Gasteiger partial charge in [0.15, 0.2) is 0 Å². The number of nitrogens with zero attached hydrogens (tertiary/aromatic N) is 4. The summed E-state index contributed by atoms with van der Waals surface area (Å²) in [4.78, 5) is 23.1. The van der Waals surface area contributed by atoms with E-state index < -0.39 is 4.92 Å². The second-order valence-electron chi connectivity index (χ2n) is 4.39. The highest BCUT2D eigenvalue weighted by Gasteiger charge is 2.11. The molecule has 2 heterocycles. The van der Waals surface area contributed by atoms with Crippen LogP contribution in [0.15, 0.2) is 24.5 Å². The van der Waals surface area contributed by atoms with Crippen molar-refractivity contribution in [2.75, 3.05) is 17.2 Å². The molecule has 21 heavy (non-hydrogen) atoms. The molecule has 0 aliphatic rings. The van der Waals surface area contributed by atoms with E-state index in [9.17, 15) is 10.1 Å². The normalized spacial score (nSPS) is 10.2. The Morgan fingerprint density at radius 2 is 1.90 bits per heavy atom. The number of rotatable bonds is 6. The summed E-state index contributed by atoms with van der Waals surface area (Å²) < 4.78 is 0. The zero-order valence-electron chi connectivity index (χ0n) is 11.8. The first kappa shape index (κ1) is 14.6. The fraction of sp³-hybridized carbons (Fsp3) is 0.308. The van der Waals surface area contributed by atoms with Crippen molar-refractivity contribution < 1.29 is 4.92 Å². The molecule has 2 N–H and O–H groups in total. The molecule has 0 aliphatic carbocycles. The van der Waals surface area contributed by atoms with Crippen LogP contribution in [0.4, 0.5) is 17.3 Å². The van der Waals surface area contributed by atoms with Crippen molar-refractivity contribution in [3.05, 3.63) is 46.0 Å². The molecule has 0 unspecified atom stereocenters. The Bertz CT molecular complexity index is 629. The van der Waals surface area contributed by atoms with Crippen LogP contribution in [0, 0.1) is 17.0 Å². The van der Waals surface area contributed by atoms with E-state index in [0.29, 0.717) is 24.7 Å². The average Bonchev–Trinajstić information content (AvgIpc) is 2.47. The lowest BCUT2D eigenvalue weighted by atomic mass is 10.3. The van der Waals surface area contributed by atoms with Crippen LogP contribution in [0.1, 0.15) is 18.3 Å². The molecule has 110 valence electrons. The van der Waals surface area contributed by atoms with Crippen LogP contribution in [-0.4, -0.2) is 26.4 Å². The minimum Gasteiger partial charge on any atom is -0.370 e. The van der Waals surface area contributed by atoms with E-state index in [1.165, 1.54) is 12.1 Å². The highest BCUT2D eigenvalue weighted by Crippen LogP contribution is 2.20. The molecule has 2 aromatic heterocycles. The van der Waals surface area contributed by atoms with E-state index in [1.54, 1.807) is 12.4 Å². The number of aryl methyl sites for hydroxylation is 1. The number of aromatic nitrogens is 3. The van der Waals surface area contributed by atoms with E-state index in [2.05, 4.69) is 25.6 Å². The maximum absolute atomic E-state index is 10.9. The molecular formula is C13H16N6O2. The van der Waals surface area contributed by atoms with E-state index in [-0.39, 0.29) is 5.69 Å². The smallest absolute Gasteiger partial charge is 0.276 e. The Hall–Kier alpha value is -2.77. The number of nitro groups is 1. The fourth-order valence-electron chi connectivity index (χ4n) is 1.68. The lowest BCUT2D eigenvalue weighted by molar-refractivity contribution is -0.384. The molecule has 0 radical (unpaired) electrons. The third-order valence-electron chi connectivity index (χ3n) is 2.66. The van der Waals surface area contributed by atoms with E-state index >= 15 is 0 Å². The van der Waals surface area contributed by atoms with Crippen molar-refractivity contribution in [1.82, 2.24) is 15.0 Å². The molecule has 0 aromatic carbocycles. The van der Waals surface area contributed by atoms with E-state index in [0.717, 1.165) is 11.4 Å². The van der Waals surface area contributed by atoms with Gasteiger partial charge in [-0.2, -0.15) is 0 Å². The quantitative estimate of drug-likeness (QED) is 0.619. The standard InChI is InChI=1S/C13H16N6O2/c1-3-14-12-4-11(19(20)21)5-13(18-12)17-8-10-7-15-9(2)6-16-10/h4-7H,3,8H2,1-2H3,(H2,14,17,18). The Labute approximate surface area is 121 Å². The zero-order valence-corrected chi connectivity index (χ0v) is 11.8. The van der Waals surface area contributed by atoms with Gasteiger partial charge < -0.3 is 10.6 Å². The molecule has 2 aromatic rings. The highest BCUT2D eigenvalue weighted by molar-refractivity contribution is 5.54. The Morgan fingerprint density at radius 1 is 1.19 bits per heavy atom. The molecule has 0 fully saturated rings. The molecule has 2 rings (SSSR count). The van der Waals surface area contributed by atoms with Gasteiger partial charge in [-0.3, -0.25) is 20.1 Å². The molecule has 0 bridgehead atoms. The monoisotopic (exact) mass is 288 g/mol. The van der Waals surface area contributed by atoms with Crippen molar-refractivity contribution in [2.45, 2.75) is 20.4 Å². The summed E-state index contributed by atoms with van der Waals surface area (Å²) in [6.07, 6.45) is 3.33. The number of pyridine rings is 1. The van der Waals surface area contributed by atoms with Crippen LogP contribution in [0.3, 0.4) is 0 Å². The first-order valence-electron chi connectivity index (χ1n) is 6.50. The lowest BCUT2D eigenvalue weighted by Gasteiger charge is -2.08. The molecule has 0 saturated carbocycles. The summed E-state index contributed by atoms with van der Waals surface area (Å²) >= 11 is 0. The molecule has 0 aliphatic heterocycles. The maximum Gasteiger partial charge on any atom is 0.276 e. The summed E-state index contributed by atoms with van der Waals surface area (Å²) in [5, 5.41) is 16.9. The molecule has 8 nitrogen and oxygen atoms in total. The third kappa shape index (κ3) is 4.10. The molecule has 0 atom stereocenters. The van der Waals surface area contributed by atoms with Crippen molar-refractivity contribution >= 4 is 17.3 Å². The van der Waals surface area contributed by atoms with Gasteiger partial charge in [0, 0.05) is 12.7 Å². The number of anilines is 2. The van der Waals surface area contributed by atoms with Crippen LogP contribution in [0.25, 0.3) is 0 Å². The van der Waals surface area contributed by atoms with Gasteiger partial charge in [0.1, 0.15) is 11.6 Å². The predicted molar refractivity (Wildman–Crippen MR) is 79.2 cm³/mol. The van der Waals surface area contributed by atoms with Crippen LogP contribution in [0.5, 0.6) is 0 Å². The Morgan fingerprint density at radius 3 is 2.48 bits per heavy atom. The largest absolute Gasteiger partial charge is 0.370 e. The summed E-state index contributed by atoms with van der Waals surface area (Å²) in [6.45, 7) is 4.79. The Balaban J connectivity index is 2.14. The third-order valence-corrected chi connectivity index (χ3v) is 2.66. The number of hydrogen-bond donors (Lipinski definition) is 2. The van der Waals surface area contributed by atoms with Gasteiger partial charge in [-0.05, 0) is 13.8 Å². The van der Waals surface area contributed by atoms with Crippen molar-refractivity contribution in [3.63, 3.8) is 0 Å². The molecule has 0 amide bonds. The minimum absolute atomic E-state index is 0.0153. The molecule has 0 spiro atoms. The first-order valence-corrected chi connectivity index (χ1v) is 6.50. The van der Waals surface area contributed by atoms with Crippen molar-refractivity contribution in [1.29, 1.82) is 0 Å². The molecule has 8 heteroatoms. The Kier molecular flexibility index (Phi) is 4.60. The second-order valence-corrected chi connectivity index (χ2v) is 4.39. The second kappa shape index (κ2) is 6.60. The van der Waals surface area contributed by atoms with Crippen molar-refractivity contribution in [3.8, 4) is 0 Å². The van der Waals surface area contributed by atoms with E-state index in [1.807, 2.05) is 13.8 Å².